The Morgan fingerprint density at radius 1 is 1.14 bits per heavy atom. The molecular weight excluding hydrogens is 330 g/mol. The van der Waals surface area contributed by atoms with E-state index in [-0.39, 0.29) is 6.79 Å². The molecule has 3 nitrogen and oxygen atoms in total. The van der Waals surface area contributed by atoms with E-state index in [0.717, 1.165) is 33.5 Å². The standard InChI is InChI=1S/C17H20BrNO2/c1-13-8-16(18)9-15(10-19-2)17(13)21-12-20-11-14-6-4-3-5-7-14/h3-9,19H,10-12H2,1-2H3. The van der Waals surface area contributed by atoms with Crippen molar-refractivity contribution in [1.29, 1.82) is 0 Å². The zero-order chi connectivity index (χ0) is 15.1. The summed E-state index contributed by atoms with van der Waals surface area (Å²) in [7, 11) is 1.92. The summed E-state index contributed by atoms with van der Waals surface area (Å²) in [5.74, 6) is 0.889. The zero-order valence-electron chi connectivity index (χ0n) is 12.4. The highest BCUT2D eigenvalue weighted by molar-refractivity contribution is 9.10. The first-order chi connectivity index (χ1) is 10.2. The maximum absolute atomic E-state index is 5.81. The summed E-state index contributed by atoms with van der Waals surface area (Å²) in [6, 6.07) is 14.2. The lowest BCUT2D eigenvalue weighted by Crippen LogP contribution is -2.10. The van der Waals surface area contributed by atoms with Crippen LogP contribution in [0.2, 0.25) is 0 Å². The molecular formula is C17H20BrNO2. The van der Waals surface area contributed by atoms with Crippen molar-refractivity contribution in [2.45, 2.75) is 20.1 Å². The average molecular weight is 350 g/mol. The minimum atomic E-state index is 0.244. The van der Waals surface area contributed by atoms with Crippen LogP contribution in [0.3, 0.4) is 0 Å². The van der Waals surface area contributed by atoms with E-state index in [1.165, 1.54) is 0 Å². The molecule has 2 aromatic carbocycles. The van der Waals surface area contributed by atoms with Gasteiger partial charge in [-0.2, -0.15) is 0 Å². The molecule has 0 radical (unpaired) electrons. The Hall–Kier alpha value is -1.36. The SMILES string of the molecule is CNCc1cc(Br)cc(C)c1OCOCc1ccccc1. The van der Waals surface area contributed by atoms with Gasteiger partial charge in [-0.15, -0.1) is 0 Å². The van der Waals surface area contributed by atoms with Gasteiger partial charge in [0.25, 0.3) is 0 Å². The van der Waals surface area contributed by atoms with Gasteiger partial charge in [-0.3, -0.25) is 0 Å². The van der Waals surface area contributed by atoms with E-state index < -0.39 is 0 Å². The maximum atomic E-state index is 5.81. The van der Waals surface area contributed by atoms with Crippen LogP contribution in [0.1, 0.15) is 16.7 Å². The third-order valence-corrected chi connectivity index (χ3v) is 3.54. The van der Waals surface area contributed by atoms with Crippen LogP contribution in [0, 0.1) is 6.92 Å². The number of aryl methyl sites for hydroxylation is 1. The van der Waals surface area contributed by atoms with E-state index in [4.69, 9.17) is 9.47 Å². The van der Waals surface area contributed by atoms with Gasteiger partial charge in [-0.05, 0) is 37.2 Å². The lowest BCUT2D eigenvalue weighted by atomic mass is 10.1. The minimum absolute atomic E-state index is 0.244. The Bertz CT molecular complexity index is 573. The van der Waals surface area contributed by atoms with Crippen LogP contribution in [-0.2, 0) is 17.9 Å². The highest BCUT2D eigenvalue weighted by Crippen LogP contribution is 2.28. The number of rotatable bonds is 7. The molecule has 0 heterocycles. The van der Waals surface area contributed by atoms with Crippen LogP contribution in [0.25, 0.3) is 0 Å². The van der Waals surface area contributed by atoms with Gasteiger partial charge in [0, 0.05) is 16.6 Å². The van der Waals surface area contributed by atoms with Crippen LogP contribution >= 0.6 is 15.9 Å². The average Bonchev–Trinajstić information content (AvgIpc) is 2.47. The highest BCUT2D eigenvalue weighted by atomic mass is 79.9. The molecule has 0 atom stereocenters. The van der Waals surface area contributed by atoms with Crippen molar-refractivity contribution in [2.75, 3.05) is 13.8 Å². The summed E-state index contributed by atoms with van der Waals surface area (Å²) in [5.41, 5.74) is 3.36. The predicted molar refractivity (Wildman–Crippen MR) is 88.4 cm³/mol. The molecule has 0 saturated heterocycles. The molecule has 112 valence electrons. The van der Waals surface area contributed by atoms with E-state index in [0.29, 0.717) is 6.61 Å². The van der Waals surface area contributed by atoms with E-state index in [9.17, 15) is 0 Å². The summed E-state index contributed by atoms with van der Waals surface area (Å²) < 4.78 is 12.5. The van der Waals surface area contributed by atoms with Crippen molar-refractivity contribution in [1.82, 2.24) is 5.32 Å². The molecule has 0 aliphatic rings. The Kier molecular flexibility index (Phi) is 6.23. The fraction of sp³-hybridized carbons (Fsp3) is 0.294. The molecule has 0 aromatic heterocycles. The summed E-state index contributed by atoms with van der Waals surface area (Å²) in [5, 5.41) is 3.15. The first kappa shape index (κ1) is 16.0. The molecule has 4 heteroatoms. The molecule has 0 fully saturated rings. The van der Waals surface area contributed by atoms with Gasteiger partial charge in [0.05, 0.1) is 6.61 Å². The summed E-state index contributed by atoms with van der Waals surface area (Å²) in [4.78, 5) is 0. The number of hydrogen-bond acceptors (Lipinski definition) is 3. The first-order valence-electron chi connectivity index (χ1n) is 6.89. The molecule has 0 aliphatic carbocycles. The smallest absolute Gasteiger partial charge is 0.189 e. The summed E-state index contributed by atoms with van der Waals surface area (Å²) in [6.45, 7) is 3.59. The molecule has 2 rings (SSSR count). The van der Waals surface area contributed by atoms with Gasteiger partial charge in [0.1, 0.15) is 5.75 Å². The number of hydrogen-bond donors (Lipinski definition) is 1. The normalized spacial score (nSPS) is 10.6. The van der Waals surface area contributed by atoms with Gasteiger partial charge in [-0.25, -0.2) is 0 Å². The molecule has 0 unspecified atom stereocenters. The number of benzene rings is 2. The van der Waals surface area contributed by atoms with Gasteiger partial charge in [0.15, 0.2) is 6.79 Å². The fourth-order valence-corrected chi connectivity index (χ4v) is 2.78. The maximum Gasteiger partial charge on any atom is 0.189 e. The first-order valence-corrected chi connectivity index (χ1v) is 7.68. The highest BCUT2D eigenvalue weighted by Gasteiger charge is 2.08. The molecule has 21 heavy (non-hydrogen) atoms. The van der Waals surface area contributed by atoms with E-state index >= 15 is 0 Å². The number of nitrogens with one attached hydrogen (secondary N) is 1. The molecule has 0 aliphatic heterocycles. The van der Waals surface area contributed by atoms with Crippen molar-refractivity contribution in [3.05, 3.63) is 63.6 Å². The van der Waals surface area contributed by atoms with Crippen LogP contribution in [0.4, 0.5) is 0 Å². The largest absolute Gasteiger partial charge is 0.467 e. The van der Waals surface area contributed by atoms with E-state index in [2.05, 4.69) is 27.3 Å². The molecule has 1 N–H and O–H groups in total. The van der Waals surface area contributed by atoms with Crippen LogP contribution in [0.15, 0.2) is 46.9 Å². The Morgan fingerprint density at radius 3 is 2.62 bits per heavy atom. The molecule has 0 bridgehead atoms. The topological polar surface area (TPSA) is 30.5 Å². The lowest BCUT2D eigenvalue weighted by Gasteiger charge is -2.15. The quantitative estimate of drug-likeness (QED) is 0.604. The fourth-order valence-electron chi connectivity index (χ4n) is 2.16. The van der Waals surface area contributed by atoms with Gasteiger partial charge < -0.3 is 14.8 Å². The van der Waals surface area contributed by atoms with E-state index in [1.807, 2.05) is 50.4 Å². The van der Waals surface area contributed by atoms with Crippen LogP contribution in [-0.4, -0.2) is 13.8 Å². The summed E-state index contributed by atoms with van der Waals surface area (Å²) >= 11 is 3.51. The Morgan fingerprint density at radius 2 is 1.90 bits per heavy atom. The minimum Gasteiger partial charge on any atom is -0.467 e. The second-order valence-corrected chi connectivity index (χ2v) is 5.75. The van der Waals surface area contributed by atoms with Gasteiger partial charge in [-0.1, -0.05) is 46.3 Å². The van der Waals surface area contributed by atoms with E-state index in [1.54, 1.807) is 0 Å². The third-order valence-electron chi connectivity index (χ3n) is 3.08. The second-order valence-electron chi connectivity index (χ2n) is 4.84. The summed E-state index contributed by atoms with van der Waals surface area (Å²) in [6.07, 6.45) is 0. The molecule has 0 amide bonds. The second kappa shape index (κ2) is 8.17. The van der Waals surface area contributed by atoms with Crippen molar-refractivity contribution in [3.63, 3.8) is 0 Å². The predicted octanol–water partition coefficient (Wildman–Crippen LogP) is 4.03. The molecule has 0 saturated carbocycles. The Labute approximate surface area is 134 Å². The van der Waals surface area contributed by atoms with Gasteiger partial charge in [0.2, 0.25) is 0 Å². The van der Waals surface area contributed by atoms with Crippen molar-refractivity contribution in [2.24, 2.45) is 0 Å². The van der Waals surface area contributed by atoms with Crippen molar-refractivity contribution < 1.29 is 9.47 Å². The molecule has 2 aromatic rings. The zero-order valence-corrected chi connectivity index (χ0v) is 13.9. The van der Waals surface area contributed by atoms with Crippen molar-refractivity contribution in [3.8, 4) is 5.75 Å². The van der Waals surface area contributed by atoms with Crippen LogP contribution in [0.5, 0.6) is 5.75 Å². The van der Waals surface area contributed by atoms with Crippen molar-refractivity contribution >= 4 is 15.9 Å². The van der Waals surface area contributed by atoms with Crippen LogP contribution < -0.4 is 10.1 Å². The van der Waals surface area contributed by atoms with Gasteiger partial charge >= 0.3 is 0 Å². The third kappa shape index (κ3) is 4.84. The Balaban J connectivity index is 1.93. The number of halogens is 1. The lowest BCUT2D eigenvalue weighted by molar-refractivity contribution is 0.00412. The molecule has 0 spiro atoms. The number of ether oxygens (including phenoxy) is 2. The monoisotopic (exact) mass is 349 g/mol.